The molecule has 224 valence electrons. The Morgan fingerprint density at radius 2 is 1.69 bits per heavy atom. The molecule has 1 atom stereocenters. The lowest BCUT2D eigenvalue weighted by atomic mass is 9.74. The zero-order chi connectivity index (χ0) is 30.3. The molecule has 1 saturated heterocycles. The van der Waals surface area contributed by atoms with E-state index in [4.69, 9.17) is 23.2 Å². The minimum absolute atomic E-state index is 0.0309. The maximum absolute atomic E-state index is 13.4. The van der Waals surface area contributed by atoms with Gasteiger partial charge in [0.05, 0.1) is 30.5 Å². The van der Waals surface area contributed by atoms with Crippen LogP contribution in [-0.4, -0.2) is 69.9 Å². The summed E-state index contributed by atoms with van der Waals surface area (Å²) in [5.41, 5.74) is 1.22. The number of benzene rings is 3. The minimum atomic E-state index is -3.92. The Morgan fingerprint density at radius 1 is 1.02 bits per heavy atom. The van der Waals surface area contributed by atoms with Gasteiger partial charge in [0.25, 0.3) is 5.69 Å². The second-order valence-electron chi connectivity index (χ2n) is 11.1. The van der Waals surface area contributed by atoms with Crippen LogP contribution in [0.1, 0.15) is 36.3 Å². The Hall–Kier alpha value is -2.54. The van der Waals surface area contributed by atoms with Gasteiger partial charge in [0.2, 0.25) is 10.0 Å². The number of hydrogen-bond acceptors (Lipinski definition) is 7. The topological polar surface area (TPSA) is 118 Å². The van der Waals surface area contributed by atoms with Gasteiger partial charge in [-0.25, -0.2) is 21.1 Å². The third-order valence-corrected chi connectivity index (χ3v) is 13.1. The molecule has 13 heteroatoms. The first-order valence-electron chi connectivity index (χ1n) is 13.5. The molecule has 0 saturated carbocycles. The van der Waals surface area contributed by atoms with Crippen LogP contribution in [0.4, 0.5) is 5.69 Å². The Balaban J connectivity index is 1.30. The Morgan fingerprint density at radius 3 is 2.33 bits per heavy atom. The van der Waals surface area contributed by atoms with Crippen LogP contribution >= 0.6 is 23.2 Å². The van der Waals surface area contributed by atoms with E-state index in [1.165, 1.54) is 35.6 Å². The van der Waals surface area contributed by atoms with E-state index in [0.29, 0.717) is 27.9 Å². The fourth-order valence-electron chi connectivity index (χ4n) is 6.11. The van der Waals surface area contributed by atoms with Crippen molar-refractivity contribution in [2.75, 3.05) is 39.0 Å². The molecule has 0 radical (unpaired) electrons. The zero-order valence-corrected chi connectivity index (χ0v) is 26.1. The molecule has 0 aliphatic carbocycles. The molecule has 0 bridgehead atoms. The number of sulfonamides is 1. The summed E-state index contributed by atoms with van der Waals surface area (Å²) in [5.74, 6) is -0.0780. The second kappa shape index (κ2) is 11.9. The average molecular weight is 653 g/mol. The van der Waals surface area contributed by atoms with Gasteiger partial charge in [-0.3, -0.25) is 10.1 Å². The molecule has 2 heterocycles. The molecule has 5 rings (SSSR count). The highest BCUT2D eigenvalue weighted by atomic mass is 35.5. The normalized spacial score (nSPS) is 18.7. The summed E-state index contributed by atoms with van der Waals surface area (Å²) in [7, 11) is -5.72. The van der Waals surface area contributed by atoms with Crippen LogP contribution < -0.4 is 0 Å². The molecule has 2 aliphatic heterocycles. The smallest absolute Gasteiger partial charge is 0.269 e. The predicted octanol–water partition coefficient (Wildman–Crippen LogP) is 5.52. The quantitative estimate of drug-likeness (QED) is 0.221. The number of non-ortho nitro benzene ring substituents is 1. The van der Waals surface area contributed by atoms with Crippen LogP contribution in [0.3, 0.4) is 0 Å². The van der Waals surface area contributed by atoms with Gasteiger partial charge in [-0.15, -0.1) is 0 Å². The number of sulfone groups is 1. The van der Waals surface area contributed by atoms with Crippen LogP contribution in [0.5, 0.6) is 0 Å². The first kappa shape index (κ1) is 30.9. The molecule has 1 unspecified atom stereocenters. The van der Waals surface area contributed by atoms with Crippen molar-refractivity contribution in [1.82, 2.24) is 9.21 Å². The van der Waals surface area contributed by atoms with Crippen molar-refractivity contribution < 1.29 is 21.8 Å². The van der Waals surface area contributed by atoms with Crippen molar-refractivity contribution in [2.45, 2.75) is 40.4 Å². The maximum atomic E-state index is 13.4. The van der Waals surface area contributed by atoms with E-state index in [1.807, 2.05) is 18.2 Å². The molecule has 1 fully saturated rings. The fourth-order valence-corrected chi connectivity index (χ4v) is 9.87. The van der Waals surface area contributed by atoms with Crippen molar-refractivity contribution in [3.8, 4) is 0 Å². The van der Waals surface area contributed by atoms with Gasteiger partial charge in [-0.05, 0) is 86.3 Å². The monoisotopic (exact) mass is 651 g/mol. The highest BCUT2D eigenvalue weighted by Gasteiger charge is 2.48. The molecule has 0 aromatic heterocycles. The van der Waals surface area contributed by atoms with E-state index >= 15 is 0 Å². The van der Waals surface area contributed by atoms with Crippen LogP contribution in [0.15, 0.2) is 76.5 Å². The highest BCUT2D eigenvalue weighted by Crippen LogP contribution is 2.46. The first-order valence-corrected chi connectivity index (χ1v) is 17.4. The lowest BCUT2D eigenvalue weighted by molar-refractivity contribution is -0.384. The van der Waals surface area contributed by atoms with E-state index in [1.54, 1.807) is 24.3 Å². The molecule has 1 spiro atoms. The Labute approximate surface area is 256 Å². The zero-order valence-electron chi connectivity index (χ0n) is 22.9. The maximum Gasteiger partial charge on any atom is 0.269 e. The molecular formula is C29H31Cl2N3O6S2. The number of rotatable bonds is 9. The van der Waals surface area contributed by atoms with E-state index in [-0.39, 0.29) is 34.2 Å². The lowest BCUT2D eigenvalue weighted by Gasteiger charge is -2.39. The number of nitrogens with zero attached hydrogens (tertiary/aromatic N) is 3. The number of halogens is 2. The van der Waals surface area contributed by atoms with Gasteiger partial charge in [0.15, 0.2) is 9.84 Å². The fraction of sp³-hybridized carbons (Fsp3) is 0.379. The lowest BCUT2D eigenvalue weighted by Crippen LogP contribution is -2.44. The predicted molar refractivity (Wildman–Crippen MR) is 163 cm³/mol. The first-order chi connectivity index (χ1) is 19.8. The third-order valence-electron chi connectivity index (χ3n) is 8.52. The molecule has 9 nitrogen and oxygen atoms in total. The number of nitro groups is 1. The summed E-state index contributed by atoms with van der Waals surface area (Å²) in [4.78, 5) is 13.1. The average Bonchev–Trinajstić information content (AvgIpc) is 3.19. The van der Waals surface area contributed by atoms with E-state index in [0.717, 1.165) is 37.1 Å². The number of likely N-dealkylation sites (tertiary alicyclic amines) is 1. The molecule has 42 heavy (non-hydrogen) atoms. The summed E-state index contributed by atoms with van der Waals surface area (Å²) in [6, 6.07) is 17.4. The van der Waals surface area contributed by atoms with Gasteiger partial charge in [-0.2, -0.15) is 0 Å². The van der Waals surface area contributed by atoms with Gasteiger partial charge in [0.1, 0.15) is 0 Å². The summed E-state index contributed by atoms with van der Waals surface area (Å²) in [5, 5.41) is 11.8. The van der Waals surface area contributed by atoms with E-state index in [9.17, 15) is 26.9 Å². The van der Waals surface area contributed by atoms with Gasteiger partial charge >= 0.3 is 0 Å². The van der Waals surface area contributed by atoms with Crippen LogP contribution in [-0.2, 0) is 25.3 Å². The molecular weight excluding hydrogens is 621 g/mol. The largest absolute Gasteiger partial charge is 0.303 e. The number of piperidine rings is 1. The molecule has 2 aliphatic rings. The summed E-state index contributed by atoms with van der Waals surface area (Å²) < 4.78 is 53.7. The van der Waals surface area contributed by atoms with Crippen molar-refractivity contribution in [2.24, 2.45) is 0 Å². The number of likely N-dealkylation sites (N-methyl/N-ethyl adjacent to an activating group) is 1. The van der Waals surface area contributed by atoms with Crippen molar-refractivity contribution in [3.63, 3.8) is 0 Å². The minimum Gasteiger partial charge on any atom is -0.303 e. The number of fused-ring (bicyclic) bond motifs is 2. The van der Waals surface area contributed by atoms with Crippen LogP contribution in [0, 0.1) is 10.1 Å². The summed E-state index contributed by atoms with van der Waals surface area (Å²) in [6.07, 6.45) is 2.09. The Bertz CT molecular complexity index is 1710. The number of nitro benzene ring substituents is 1. The van der Waals surface area contributed by atoms with E-state index < -0.39 is 24.8 Å². The van der Waals surface area contributed by atoms with E-state index in [2.05, 4.69) is 4.90 Å². The standard InChI is InChI=1S/C29H31Cl2N3O6S2/c1-32(42(39,40)24-9-7-23(8-10-24)34(35)36)19-22(21-6-11-26(30)27(31)18-21)12-15-33-16-13-29(14-17-33)20-41(37,38)28-5-3-2-4-25(28)29/h2-11,18,22H,12-17,19-20H2,1H3. The highest BCUT2D eigenvalue weighted by molar-refractivity contribution is 7.91. The summed E-state index contributed by atoms with van der Waals surface area (Å²) in [6.45, 7) is 2.30. The Kier molecular flexibility index (Phi) is 8.73. The van der Waals surface area contributed by atoms with Crippen molar-refractivity contribution in [1.29, 1.82) is 0 Å². The molecule has 3 aromatic rings. The molecule has 0 amide bonds. The second-order valence-corrected chi connectivity index (χ2v) is 15.9. The number of hydrogen-bond donors (Lipinski definition) is 0. The molecule has 3 aromatic carbocycles. The SMILES string of the molecule is CN(CC(CCN1CCC2(CC1)CS(=O)(=O)c1ccccc12)c1ccc(Cl)c(Cl)c1)S(=O)(=O)c1ccc([N+](=O)[O-])cc1. The van der Waals surface area contributed by atoms with Gasteiger partial charge in [0, 0.05) is 31.1 Å². The van der Waals surface area contributed by atoms with Crippen molar-refractivity contribution in [3.05, 3.63) is 98.0 Å². The van der Waals surface area contributed by atoms with Crippen LogP contribution in [0.25, 0.3) is 0 Å². The van der Waals surface area contributed by atoms with Crippen molar-refractivity contribution >= 4 is 48.7 Å². The van der Waals surface area contributed by atoms with Gasteiger partial charge < -0.3 is 4.90 Å². The van der Waals surface area contributed by atoms with Crippen LogP contribution in [0.2, 0.25) is 10.0 Å². The third kappa shape index (κ3) is 6.09. The molecule has 0 N–H and O–H groups in total. The van der Waals surface area contributed by atoms with Gasteiger partial charge in [-0.1, -0.05) is 47.5 Å². The summed E-state index contributed by atoms with van der Waals surface area (Å²) >= 11 is 12.5.